The Labute approximate surface area is 373 Å². The van der Waals surface area contributed by atoms with Crippen molar-refractivity contribution in [2.24, 2.45) is 0 Å². The molecule has 11 nitrogen and oxygen atoms in total. The van der Waals surface area contributed by atoms with Gasteiger partial charge in [0.25, 0.3) is 0 Å². The molecule has 0 aromatic heterocycles. The highest BCUT2D eigenvalue weighted by atomic mass is 16.7. The van der Waals surface area contributed by atoms with Crippen LogP contribution in [0.25, 0.3) is 0 Å². The molecule has 1 fully saturated rings. The first-order chi connectivity index (χ1) is 29.8. The summed E-state index contributed by atoms with van der Waals surface area (Å²) in [4.78, 5) is 27.7. The summed E-state index contributed by atoms with van der Waals surface area (Å²) in [6, 6.07) is 0. The molecule has 0 radical (unpaired) electrons. The predicted octanol–water partition coefficient (Wildman–Crippen LogP) is 10.5. The number of rotatable bonds is 44. The zero-order valence-electron chi connectivity index (χ0n) is 39.7. The molecule has 5 atom stereocenters. The van der Waals surface area contributed by atoms with Crippen molar-refractivity contribution in [1.29, 1.82) is 0 Å². The lowest BCUT2D eigenvalue weighted by molar-refractivity contribution is -0.301. The van der Waals surface area contributed by atoms with Gasteiger partial charge in [0, 0.05) is 19.4 Å². The summed E-state index contributed by atoms with van der Waals surface area (Å²) in [5, 5.41) is 39.9. The van der Waals surface area contributed by atoms with Gasteiger partial charge in [0.2, 0.25) is 0 Å². The number of carbonyl (C=O) groups is 2. The van der Waals surface area contributed by atoms with E-state index in [9.17, 15) is 30.0 Å². The second kappa shape index (κ2) is 41.4. The highest BCUT2D eigenvalue weighted by molar-refractivity contribution is 5.69. The Bertz CT molecular complexity index is 970. The molecule has 11 heteroatoms. The Morgan fingerprint density at radius 1 is 0.508 bits per heavy atom. The molecule has 0 spiro atoms. The zero-order valence-corrected chi connectivity index (χ0v) is 39.7. The minimum atomic E-state index is -1.45. The lowest BCUT2D eigenvalue weighted by Crippen LogP contribution is -2.59. The van der Waals surface area contributed by atoms with Gasteiger partial charge in [-0.25, -0.2) is 0 Å². The summed E-state index contributed by atoms with van der Waals surface area (Å²) in [6.45, 7) is 9.78. The Morgan fingerprint density at radius 3 is 1.44 bits per heavy atom. The molecule has 0 unspecified atom stereocenters. The number of carbonyl (C=O) groups excluding carboxylic acids is 2. The van der Waals surface area contributed by atoms with Crippen LogP contribution in [0.15, 0.2) is 0 Å². The number of hydrogen-bond donors (Lipinski definition) is 4. The highest BCUT2D eigenvalue weighted by Crippen LogP contribution is 2.23. The van der Waals surface area contributed by atoms with Crippen LogP contribution in [-0.2, 0) is 28.5 Å². The summed E-state index contributed by atoms with van der Waals surface area (Å²) in [5.74, 6) is -0.143. The molecular weight excluding hydrogens is 775 g/mol. The highest BCUT2D eigenvalue weighted by Gasteiger charge is 2.43. The minimum Gasteiger partial charge on any atom is -0.466 e. The van der Waals surface area contributed by atoms with Gasteiger partial charge in [-0.05, 0) is 90.3 Å². The van der Waals surface area contributed by atoms with Crippen LogP contribution >= 0.6 is 0 Å². The van der Waals surface area contributed by atoms with Gasteiger partial charge < -0.3 is 44.3 Å². The first kappa shape index (κ1) is 57.7. The van der Waals surface area contributed by atoms with E-state index >= 15 is 0 Å². The van der Waals surface area contributed by atoms with Gasteiger partial charge >= 0.3 is 11.9 Å². The second-order valence-electron chi connectivity index (χ2n) is 18.0. The number of aliphatic hydroxyl groups is 4. The number of unbranched alkanes of at least 4 members (excludes halogenated alkanes) is 23. The van der Waals surface area contributed by atoms with Crippen LogP contribution in [-0.4, -0.2) is 114 Å². The molecule has 1 rings (SSSR count). The molecule has 1 aliphatic rings. The fraction of sp³-hybridized carbons (Fsp3) is 0.960. The van der Waals surface area contributed by atoms with E-state index in [1.165, 1.54) is 109 Å². The van der Waals surface area contributed by atoms with Crippen LogP contribution in [0.2, 0.25) is 0 Å². The summed E-state index contributed by atoms with van der Waals surface area (Å²) in [6.07, 6.45) is 29.8. The first-order valence-electron chi connectivity index (χ1n) is 25.8. The standard InChI is InChI=1S/C50H97NO10/c1-4-7-10-13-16-17-18-21-31-40-58-45(53)35-26-22-28-37-51(39-30-32-41-59-50-49(57)48(56)47(55)44(42-52)61-50)38-29-23-27-36-46(54)60-43(33-24-19-14-11-8-5-2)34-25-20-15-12-9-6-3/h43-44,47-50,52,55-57H,4-42H2,1-3H3/t44-,47-,48+,49+,50+/m1/s1. The summed E-state index contributed by atoms with van der Waals surface area (Å²) in [7, 11) is 0. The van der Waals surface area contributed by atoms with Gasteiger partial charge in [-0.3, -0.25) is 9.59 Å². The molecule has 0 aliphatic carbocycles. The normalized spacial score (nSPS) is 19.3. The van der Waals surface area contributed by atoms with Gasteiger partial charge in [-0.2, -0.15) is 0 Å². The fourth-order valence-corrected chi connectivity index (χ4v) is 8.22. The van der Waals surface area contributed by atoms with Gasteiger partial charge in [0.1, 0.15) is 30.5 Å². The molecule has 0 saturated carbocycles. The van der Waals surface area contributed by atoms with E-state index in [2.05, 4.69) is 25.7 Å². The van der Waals surface area contributed by atoms with Crippen LogP contribution in [0.3, 0.4) is 0 Å². The zero-order chi connectivity index (χ0) is 44.6. The van der Waals surface area contributed by atoms with Crippen molar-refractivity contribution in [3.8, 4) is 0 Å². The first-order valence-corrected chi connectivity index (χ1v) is 25.8. The maximum atomic E-state index is 13.0. The second-order valence-corrected chi connectivity index (χ2v) is 18.0. The van der Waals surface area contributed by atoms with Crippen LogP contribution in [0.1, 0.15) is 233 Å². The Kier molecular flexibility index (Phi) is 39.1. The van der Waals surface area contributed by atoms with Crippen LogP contribution in [0.5, 0.6) is 0 Å². The topological polar surface area (TPSA) is 155 Å². The molecule has 362 valence electrons. The smallest absolute Gasteiger partial charge is 0.306 e. The minimum absolute atomic E-state index is 0.0478. The van der Waals surface area contributed by atoms with Crippen molar-refractivity contribution < 1.29 is 49.0 Å². The monoisotopic (exact) mass is 872 g/mol. The van der Waals surface area contributed by atoms with E-state index in [-0.39, 0.29) is 18.0 Å². The van der Waals surface area contributed by atoms with Crippen LogP contribution < -0.4 is 0 Å². The molecule has 0 aromatic carbocycles. The third-order valence-corrected chi connectivity index (χ3v) is 12.3. The van der Waals surface area contributed by atoms with Crippen molar-refractivity contribution in [1.82, 2.24) is 4.90 Å². The third kappa shape index (κ3) is 32.0. The van der Waals surface area contributed by atoms with E-state index in [1.54, 1.807) is 0 Å². The summed E-state index contributed by atoms with van der Waals surface area (Å²) in [5.41, 5.74) is 0. The fourth-order valence-electron chi connectivity index (χ4n) is 8.22. The van der Waals surface area contributed by atoms with E-state index in [4.69, 9.17) is 18.9 Å². The van der Waals surface area contributed by atoms with E-state index < -0.39 is 37.3 Å². The Hall–Kier alpha value is -1.34. The van der Waals surface area contributed by atoms with Crippen molar-refractivity contribution in [2.45, 2.75) is 269 Å². The van der Waals surface area contributed by atoms with Crippen LogP contribution in [0, 0.1) is 0 Å². The Morgan fingerprint density at radius 2 is 0.934 bits per heavy atom. The number of esters is 2. The lowest BCUT2D eigenvalue weighted by Gasteiger charge is -2.39. The molecule has 0 bridgehead atoms. The van der Waals surface area contributed by atoms with Gasteiger partial charge in [-0.15, -0.1) is 0 Å². The van der Waals surface area contributed by atoms with Crippen molar-refractivity contribution >= 4 is 11.9 Å². The maximum Gasteiger partial charge on any atom is 0.306 e. The number of hydrogen-bond acceptors (Lipinski definition) is 11. The van der Waals surface area contributed by atoms with Crippen molar-refractivity contribution in [3.63, 3.8) is 0 Å². The molecule has 4 N–H and O–H groups in total. The number of nitrogens with zero attached hydrogens (tertiary/aromatic N) is 1. The number of aliphatic hydroxyl groups excluding tert-OH is 4. The van der Waals surface area contributed by atoms with Crippen molar-refractivity contribution in [2.75, 3.05) is 39.5 Å². The third-order valence-electron chi connectivity index (χ3n) is 12.3. The molecule has 1 saturated heterocycles. The molecule has 61 heavy (non-hydrogen) atoms. The van der Waals surface area contributed by atoms with Crippen LogP contribution in [0.4, 0.5) is 0 Å². The SMILES string of the molecule is CCCCCCCCCCCOC(=O)CCCCCN(CCCCCC(=O)OC(CCCCCCCC)CCCCCCCC)CCCCO[C@H]1O[C@H](CO)[C@@H](O)[C@H](O)[C@@H]1O. The molecular formula is C50H97NO10. The van der Waals surface area contributed by atoms with E-state index in [0.717, 1.165) is 103 Å². The van der Waals surface area contributed by atoms with E-state index in [1.807, 2.05) is 0 Å². The Balaban J connectivity index is 2.48. The largest absolute Gasteiger partial charge is 0.466 e. The average Bonchev–Trinajstić information content (AvgIpc) is 3.25. The van der Waals surface area contributed by atoms with Gasteiger partial charge in [-0.1, -0.05) is 149 Å². The molecule has 0 amide bonds. The predicted molar refractivity (Wildman–Crippen MR) is 246 cm³/mol. The quantitative estimate of drug-likeness (QED) is 0.0342. The molecule has 0 aromatic rings. The lowest BCUT2D eigenvalue weighted by atomic mass is 9.99. The maximum absolute atomic E-state index is 13.0. The van der Waals surface area contributed by atoms with Crippen molar-refractivity contribution in [3.05, 3.63) is 0 Å². The summed E-state index contributed by atoms with van der Waals surface area (Å²) < 4.78 is 22.8. The molecule has 1 aliphatic heterocycles. The number of ether oxygens (including phenoxy) is 4. The summed E-state index contributed by atoms with van der Waals surface area (Å²) >= 11 is 0. The average molecular weight is 872 g/mol. The van der Waals surface area contributed by atoms with E-state index in [0.29, 0.717) is 32.5 Å². The van der Waals surface area contributed by atoms with Gasteiger partial charge in [0.15, 0.2) is 6.29 Å². The molecule has 1 heterocycles. The van der Waals surface area contributed by atoms with Gasteiger partial charge in [0.05, 0.1) is 13.2 Å².